The fourth-order valence-corrected chi connectivity index (χ4v) is 3.23. The molecule has 0 atom stereocenters. The maximum Gasteiger partial charge on any atom is 0.508 e. The largest absolute Gasteiger partial charge is 0.508 e. The molecule has 0 aliphatic heterocycles. The highest BCUT2D eigenvalue weighted by Crippen LogP contribution is 2.09. The van der Waals surface area contributed by atoms with E-state index in [1.54, 1.807) is 0 Å². The van der Waals surface area contributed by atoms with Crippen LogP contribution in [0.4, 0.5) is 4.79 Å². The first-order chi connectivity index (χ1) is 13.8. The van der Waals surface area contributed by atoms with Crippen LogP contribution in [0, 0.1) is 0 Å². The zero-order chi connectivity index (χ0) is 20.5. The Kier molecular flexibility index (Phi) is 23.2. The predicted molar refractivity (Wildman–Crippen MR) is 121 cm³/mol. The summed E-state index contributed by atoms with van der Waals surface area (Å²) in [6, 6.07) is 0. The summed E-state index contributed by atoms with van der Waals surface area (Å²) >= 11 is 0. The molecule has 0 rings (SSSR count). The van der Waals surface area contributed by atoms with Crippen LogP contribution in [0.1, 0.15) is 129 Å². The van der Waals surface area contributed by atoms with Crippen LogP contribution in [0.15, 0.2) is 12.2 Å². The Morgan fingerprint density at radius 2 is 0.893 bits per heavy atom. The second-order valence-corrected chi connectivity index (χ2v) is 7.95. The number of hydrogen-bond donors (Lipinski definition) is 0. The van der Waals surface area contributed by atoms with Gasteiger partial charge in [0.2, 0.25) is 0 Å². The number of allylic oxidation sites excluding steroid dienone is 2. The van der Waals surface area contributed by atoms with E-state index in [1.807, 2.05) is 0 Å². The molecule has 0 aromatic heterocycles. The maximum atomic E-state index is 11.5. The molecule has 0 aromatic carbocycles. The molecular formula is C25H48O3. The van der Waals surface area contributed by atoms with Crippen molar-refractivity contribution in [2.45, 2.75) is 129 Å². The molecule has 0 spiro atoms. The highest BCUT2D eigenvalue weighted by atomic mass is 16.7. The van der Waals surface area contributed by atoms with Crippen LogP contribution in [0.25, 0.3) is 0 Å². The first-order valence-electron chi connectivity index (χ1n) is 12.3. The van der Waals surface area contributed by atoms with Gasteiger partial charge in [0, 0.05) is 0 Å². The van der Waals surface area contributed by atoms with Gasteiger partial charge in [-0.15, -0.1) is 0 Å². The van der Waals surface area contributed by atoms with Crippen molar-refractivity contribution >= 4 is 6.16 Å². The minimum atomic E-state index is -0.491. The van der Waals surface area contributed by atoms with E-state index in [9.17, 15) is 4.79 Å². The molecule has 0 fully saturated rings. The SMILES string of the molecule is CCCCCCC=CCCCCCCCCOC(=O)OCCCCCCCC. The molecule has 0 amide bonds. The third-order valence-corrected chi connectivity index (χ3v) is 5.09. The fraction of sp³-hybridized carbons (Fsp3) is 0.880. The van der Waals surface area contributed by atoms with Crippen molar-refractivity contribution in [3.63, 3.8) is 0 Å². The average Bonchev–Trinajstić information content (AvgIpc) is 2.70. The molecule has 0 aromatic rings. The molecule has 166 valence electrons. The second kappa shape index (κ2) is 24.0. The second-order valence-electron chi connectivity index (χ2n) is 7.95. The topological polar surface area (TPSA) is 35.5 Å². The van der Waals surface area contributed by atoms with E-state index < -0.39 is 6.16 Å². The number of carbonyl (C=O) groups excluding carboxylic acids is 1. The Morgan fingerprint density at radius 1 is 0.536 bits per heavy atom. The minimum absolute atomic E-state index is 0.491. The molecule has 0 aliphatic carbocycles. The van der Waals surface area contributed by atoms with Gasteiger partial charge in [-0.05, 0) is 38.5 Å². The Labute approximate surface area is 175 Å². The van der Waals surface area contributed by atoms with E-state index in [-0.39, 0.29) is 0 Å². The van der Waals surface area contributed by atoms with Crippen LogP contribution < -0.4 is 0 Å². The lowest BCUT2D eigenvalue weighted by molar-refractivity contribution is 0.0529. The highest BCUT2D eigenvalue weighted by molar-refractivity contribution is 5.59. The van der Waals surface area contributed by atoms with Gasteiger partial charge < -0.3 is 9.47 Å². The van der Waals surface area contributed by atoms with E-state index >= 15 is 0 Å². The summed E-state index contributed by atoms with van der Waals surface area (Å²) in [6.45, 7) is 5.47. The summed E-state index contributed by atoms with van der Waals surface area (Å²) in [5, 5.41) is 0. The van der Waals surface area contributed by atoms with Crippen LogP contribution in [0.3, 0.4) is 0 Å². The predicted octanol–water partition coefficient (Wildman–Crippen LogP) is 8.76. The van der Waals surface area contributed by atoms with Crippen LogP contribution in [0.2, 0.25) is 0 Å². The summed E-state index contributed by atoms with van der Waals surface area (Å²) in [5.41, 5.74) is 0. The van der Waals surface area contributed by atoms with Gasteiger partial charge in [-0.3, -0.25) is 0 Å². The molecule has 0 unspecified atom stereocenters. The van der Waals surface area contributed by atoms with Crippen LogP contribution >= 0.6 is 0 Å². The summed E-state index contributed by atoms with van der Waals surface area (Å²) < 4.78 is 10.2. The first-order valence-corrected chi connectivity index (χ1v) is 12.3. The lowest BCUT2D eigenvalue weighted by atomic mass is 10.1. The standard InChI is InChI=1S/C25H48O3/c1-3-5-7-9-11-12-13-14-15-16-17-18-20-22-24-28-25(26)27-23-21-19-10-8-6-4-2/h12-13H,3-11,14-24H2,1-2H3. The molecule has 0 saturated carbocycles. The van der Waals surface area contributed by atoms with Crippen LogP contribution in [0.5, 0.6) is 0 Å². The van der Waals surface area contributed by atoms with Crippen LogP contribution in [-0.4, -0.2) is 19.4 Å². The Balaban J connectivity index is 3.18. The monoisotopic (exact) mass is 396 g/mol. The Bertz CT molecular complexity index is 339. The fourth-order valence-electron chi connectivity index (χ4n) is 3.23. The molecular weight excluding hydrogens is 348 g/mol. The molecule has 0 saturated heterocycles. The number of rotatable bonds is 21. The molecule has 0 N–H and O–H groups in total. The minimum Gasteiger partial charge on any atom is -0.434 e. The van der Waals surface area contributed by atoms with Gasteiger partial charge in [-0.25, -0.2) is 4.79 Å². The molecule has 0 bridgehead atoms. The molecule has 3 nitrogen and oxygen atoms in total. The molecule has 28 heavy (non-hydrogen) atoms. The molecule has 0 aliphatic rings. The smallest absolute Gasteiger partial charge is 0.434 e. The van der Waals surface area contributed by atoms with Gasteiger partial charge in [0.1, 0.15) is 0 Å². The highest BCUT2D eigenvalue weighted by Gasteiger charge is 2.03. The summed E-state index contributed by atoms with van der Waals surface area (Å²) in [4.78, 5) is 11.5. The van der Waals surface area contributed by atoms with Crippen molar-refractivity contribution in [2.75, 3.05) is 13.2 Å². The van der Waals surface area contributed by atoms with Gasteiger partial charge in [0.15, 0.2) is 0 Å². The van der Waals surface area contributed by atoms with Gasteiger partial charge >= 0.3 is 6.16 Å². The number of ether oxygens (including phenoxy) is 2. The van der Waals surface area contributed by atoms with E-state index in [1.165, 1.54) is 89.9 Å². The summed E-state index contributed by atoms with van der Waals surface area (Å²) in [6.07, 6.45) is 26.5. The van der Waals surface area contributed by atoms with Gasteiger partial charge in [0.25, 0.3) is 0 Å². The number of carbonyl (C=O) groups is 1. The van der Waals surface area contributed by atoms with Crippen molar-refractivity contribution in [1.29, 1.82) is 0 Å². The van der Waals surface area contributed by atoms with E-state index in [4.69, 9.17) is 9.47 Å². The van der Waals surface area contributed by atoms with Gasteiger partial charge in [0.05, 0.1) is 13.2 Å². The first kappa shape index (κ1) is 27.0. The quantitative estimate of drug-likeness (QED) is 0.110. The van der Waals surface area contributed by atoms with E-state index in [0.29, 0.717) is 13.2 Å². The van der Waals surface area contributed by atoms with Crippen molar-refractivity contribution < 1.29 is 14.3 Å². The van der Waals surface area contributed by atoms with Crippen molar-refractivity contribution in [2.24, 2.45) is 0 Å². The number of unbranched alkanes of at least 4 members (excludes halogenated alkanes) is 15. The summed E-state index contributed by atoms with van der Waals surface area (Å²) in [5.74, 6) is 0. The van der Waals surface area contributed by atoms with Gasteiger partial charge in [-0.1, -0.05) is 103 Å². The van der Waals surface area contributed by atoms with Crippen LogP contribution in [-0.2, 0) is 9.47 Å². The zero-order valence-corrected chi connectivity index (χ0v) is 19.0. The average molecular weight is 397 g/mol. The van der Waals surface area contributed by atoms with Crippen molar-refractivity contribution in [3.8, 4) is 0 Å². The zero-order valence-electron chi connectivity index (χ0n) is 19.0. The third-order valence-electron chi connectivity index (χ3n) is 5.09. The maximum absolute atomic E-state index is 11.5. The molecule has 0 heterocycles. The molecule has 3 heteroatoms. The van der Waals surface area contributed by atoms with E-state index in [2.05, 4.69) is 26.0 Å². The Morgan fingerprint density at radius 3 is 1.36 bits per heavy atom. The normalized spacial score (nSPS) is 11.2. The lowest BCUT2D eigenvalue weighted by Crippen LogP contribution is -2.09. The molecule has 0 radical (unpaired) electrons. The number of hydrogen-bond acceptors (Lipinski definition) is 3. The van der Waals surface area contributed by atoms with Gasteiger partial charge in [-0.2, -0.15) is 0 Å². The summed E-state index contributed by atoms with van der Waals surface area (Å²) in [7, 11) is 0. The van der Waals surface area contributed by atoms with Crippen molar-refractivity contribution in [3.05, 3.63) is 12.2 Å². The third kappa shape index (κ3) is 23.0. The Hall–Kier alpha value is -0.990. The van der Waals surface area contributed by atoms with Crippen molar-refractivity contribution in [1.82, 2.24) is 0 Å². The lowest BCUT2D eigenvalue weighted by Gasteiger charge is -2.06. The van der Waals surface area contributed by atoms with E-state index in [0.717, 1.165) is 25.7 Å².